The Bertz CT molecular complexity index is 723. The number of esters is 1. The maximum absolute atomic E-state index is 13.2. The van der Waals surface area contributed by atoms with Gasteiger partial charge in [0.05, 0.1) is 0 Å². The minimum absolute atomic E-state index is 0.119. The minimum Gasteiger partial charge on any atom is -0.405 e. The van der Waals surface area contributed by atoms with Gasteiger partial charge in [-0.05, 0) is 35.7 Å². The molecule has 1 aliphatic heterocycles. The first-order valence-corrected chi connectivity index (χ1v) is 7.17. The van der Waals surface area contributed by atoms with Gasteiger partial charge in [-0.25, -0.2) is 14.2 Å². The van der Waals surface area contributed by atoms with E-state index in [-0.39, 0.29) is 11.7 Å². The first-order valence-electron chi connectivity index (χ1n) is 7.17. The van der Waals surface area contributed by atoms with E-state index in [1.165, 1.54) is 12.1 Å². The van der Waals surface area contributed by atoms with E-state index in [0.717, 1.165) is 5.56 Å². The summed E-state index contributed by atoms with van der Waals surface area (Å²) < 4.78 is 18.6. The van der Waals surface area contributed by atoms with E-state index < -0.39 is 11.5 Å². The fraction of sp³-hybridized carbons (Fsp3) is 0.222. The fourth-order valence-electron chi connectivity index (χ4n) is 2.68. The van der Waals surface area contributed by atoms with Crippen LogP contribution in [0.15, 0.2) is 59.6 Å². The molecule has 4 heteroatoms. The highest BCUT2D eigenvalue weighted by Gasteiger charge is 2.50. The molecule has 22 heavy (non-hydrogen) atoms. The normalized spacial score (nSPS) is 20.9. The Morgan fingerprint density at radius 3 is 2.27 bits per heavy atom. The second kappa shape index (κ2) is 5.37. The van der Waals surface area contributed by atoms with Gasteiger partial charge in [-0.1, -0.05) is 44.2 Å². The number of aliphatic imine (C=N–C) groups is 1. The van der Waals surface area contributed by atoms with E-state index >= 15 is 0 Å². The fourth-order valence-corrected chi connectivity index (χ4v) is 2.68. The molecule has 3 nitrogen and oxygen atoms in total. The zero-order chi connectivity index (χ0) is 15.7. The Balaban J connectivity index is 2.13. The van der Waals surface area contributed by atoms with Gasteiger partial charge in [0.15, 0.2) is 5.54 Å². The van der Waals surface area contributed by atoms with Crippen molar-refractivity contribution in [3.63, 3.8) is 0 Å². The summed E-state index contributed by atoms with van der Waals surface area (Å²) in [5, 5.41) is 0. The van der Waals surface area contributed by atoms with Crippen LogP contribution in [0.5, 0.6) is 0 Å². The van der Waals surface area contributed by atoms with E-state index in [1.54, 1.807) is 12.1 Å². The highest BCUT2D eigenvalue weighted by molar-refractivity contribution is 6.08. The largest absolute Gasteiger partial charge is 0.405 e. The molecule has 0 N–H and O–H groups in total. The summed E-state index contributed by atoms with van der Waals surface area (Å²) in [5.41, 5.74) is 0.263. The number of hydrogen-bond donors (Lipinski definition) is 0. The van der Waals surface area contributed by atoms with Crippen molar-refractivity contribution in [3.05, 3.63) is 71.5 Å². The molecule has 3 rings (SSSR count). The Hall–Kier alpha value is -2.49. The van der Waals surface area contributed by atoms with Crippen LogP contribution in [0.25, 0.3) is 0 Å². The summed E-state index contributed by atoms with van der Waals surface area (Å²) in [4.78, 5) is 17.2. The molecule has 2 aromatic rings. The van der Waals surface area contributed by atoms with Crippen LogP contribution < -0.4 is 0 Å². The number of ether oxygens (including phenoxy) is 1. The lowest BCUT2D eigenvalue weighted by Gasteiger charge is -2.26. The minimum atomic E-state index is -1.13. The maximum Gasteiger partial charge on any atom is 0.345 e. The molecule has 0 radical (unpaired) electrons. The number of cyclic esters (lactones) is 1. The molecular formula is C18H16FNO2. The molecule has 1 atom stereocenters. The smallest absolute Gasteiger partial charge is 0.345 e. The van der Waals surface area contributed by atoms with Crippen LogP contribution in [0.3, 0.4) is 0 Å². The van der Waals surface area contributed by atoms with Gasteiger partial charge in [0.1, 0.15) is 5.82 Å². The number of benzene rings is 2. The predicted molar refractivity (Wildman–Crippen MR) is 82.0 cm³/mol. The summed E-state index contributed by atoms with van der Waals surface area (Å²) in [6, 6.07) is 15.1. The van der Waals surface area contributed by atoms with Gasteiger partial charge in [0, 0.05) is 5.56 Å². The molecule has 112 valence electrons. The van der Waals surface area contributed by atoms with Crippen LogP contribution in [0.4, 0.5) is 4.39 Å². The van der Waals surface area contributed by atoms with Crippen LogP contribution >= 0.6 is 0 Å². The average molecular weight is 297 g/mol. The van der Waals surface area contributed by atoms with Crippen molar-refractivity contribution in [2.45, 2.75) is 19.4 Å². The highest BCUT2D eigenvalue weighted by Crippen LogP contribution is 2.40. The molecule has 0 saturated heterocycles. The number of nitrogens with zero attached hydrogens (tertiary/aromatic N) is 1. The molecule has 0 aromatic heterocycles. The van der Waals surface area contributed by atoms with Crippen molar-refractivity contribution in [2.75, 3.05) is 0 Å². The first-order chi connectivity index (χ1) is 10.5. The molecule has 0 unspecified atom stereocenters. The Labute approximate surface area is 128 Å². The monoisotopic (exact) mass is 297 g/mol. The summed E-state index contributed by atoms with van der Waals surface area (Å²) in [7, 11) is 0. The van der Waals surface area contributed by atoms with E-state index in [1.807, 2.05) is 44.2 Å². The summed E-state index contributed by atoms with van der Waals surface area (Å²) in [6.45, 7) is 3.81. The highest BCUT2D eigenvalue weighted by atomic mass is 19.1. The van der Waals surface area contributed by atoms with E-state index in [9.17, 15) is 9.18 Å². The molecule has 0 spiro atoms. The topological polar surface area (TPSA) is 38.7 Å². The maximum atomic E-state index is 13.2. The Morgan fingerprint density at radius 2 is 1.68 bits per heavy atom. The van der Waals surface area contributed by atoms with Gasteiger partial charge < -0.3 is 4.74 Å². The van der Waals surface area contributed by atoms with Crippen molar-refractivity contribution in [2.24, 2.45) is 10.9 Å². The molecule has 0 aliphatic carbocycles. The molecule has 1 heterocycles. The lowest BCUT2D eigenvalue weighted by molar-refractivity contribution is -0.141. The van der Waals surface area contributed by atoms with Crippen LogP contribution in [0, 0.1) is 11.7 Å². The number of carbonyl (C=O) groups is 1. The number of rotatable bonds is 3. The van der Waals surface area contributed by atoms with E-state index in [2.05, 4.69) is 4.99 Å². The third-order valence-electron chi connectivity index (χ3n) is 3.92. The zero-order valence-corrected chi connectivity index (χ0v) is 12.4. The third-order valence-corrected chi connectivity index (χ3v) is 3.92. The summed E-state index contributed by atoms with van der Waals surface area (Å²) in [6.07, 6.45) is 0. The standard InChI is InChI=1S/C18H16FNO2/c1-12(2)18(14-8-10-15(19)11-9-14)17(21)22-16(20-18)13-6-4-3-5-7-13/h3-12H,1-2H3/t18-/m1/s1. The molecular weight excluding hydrogens is 281 g/mol. The molecule has 2 aromatic carbocycles. The van der Waals surface area contributed by atoms with Crippen molar-refractivity contribution in [1.29, 1.82) is 0 Å². The zero-order valence-electron chi connectivity index (χ0n) is 12.4. The lowest BCUT2D eigenvalue weighted by Crippen LogP contribution is -2.36. The lowest BCUT2D eigenvalue weighted by atomic mass is 9.81. The summed E-state index contributed by atoms with van der Waals surface area (Å²) >= 11 is 0. The molecule has 0 amide bonds. The SMILES string of the molecule is CC(C)[C@]1(c2ccc(F)cc2)N=C(c2ccccc2)OC1=O. The van der Waals surface area contributed by atoms with Crippen LogP contribution in [-0.4, -0.2) is 11.9 Å². The van der Waals surface area contributed by atoms with E-state index in [0.29, 0.717) is 11.5 Å². The van der Waals surface area contributed by atoms with Gasteiger partial charge in [-0.2, -0.15) is 0 Å². The van der Waals surface area contributed by atoms with Gasteiger partial charge in [0.25, 0.3) is 0 Å². The predicted octanol–water partition coefficient (Wildman–Crippen LogP) is 3.68. The van der Waals surface area contributed by atoms with Gasteiger partial charge in [-0.3, -0.25) is 0 Å². The van der Waals surface area contributed by atoms with Crippen molar-refractivity contribution in [1.82, 2.24) is 0 Å². The quantitative estimate of drug-likeness (QED) is 0.811. The number of hydrogen-bond acceptors (Lipinski definition) is 3. The van der Waals surface area contributed by atoms with Gasteiger partial charge in [0.2, 0.25) is 5.90 Å². The molecule has 1 aliphatic rings. The second-order valence-electron chi connectivity index (χ2n) is 5.60. The molecule has 0 saturated carbocycles. The second-order valence-corrected chi connectivity index (χ2v) is 5.60. The van der Waals surface area contributed by atoms with Crippen molar-refractivity contribution in [3.8, 4) is 0 Å². The van der Waals surface area contributed by atoms with E-state index in [4.69, 9.17) is 4.74 Å². The third kappa shape index (κ3) is 2.21. The van der Waals surface area contributed by atoms with Crippen LogP contribution in [0.1, 0.15) is 25.0 Å². The number of carbonyl (C=O) groups excluding carboxylic acids is 1. The van der Waals surface area contributed by atoms with Crippen molar-refractivity contribution >= 4 is 11.9 Å². The average Bonchev–Trinajstić information content (AvgIpc) is 2.88. The van der Waals surface area contributed by atoms with Crippen molar-refractivity contribution < 1.29 is 13.9 Å². The molecule has 0 bridgehead atoms. The Kier molecular flexibility index (Phi) is 3.53. The Morgan fingerprint density at radius 1 is 1.05 bits per heavy atom. The van der Waals surface area contributed by atoms with Crippen LogP contribution in [-0.2, 0) is 15.1 Å². The molecule has 0 fully saturated rings. The van der Waals surface area contributed by atoms with Gasteiger partial charge >= 0.3 is 5.97 Å². The van der Waals surface area contributed by atoms with Gasteiger partial charge in [-0.15, -0.1) is 0 Å². The summed E-state index contributed by atoms with van der Waals surface area (Å²) in [5.74, 6) is -0.579. The van der Waals surface area contributed by atoms with Crippen LogP contribution in [0.2, 0.25) is 0 Å². The number of halogens is 1. The first kappa shape index (κ1) is 14.4.